The Kier molecular flexibility index (Phi) is 5.01. The Morgan fingerprint density at radius 2 is 2.00 bits per heavy atom. The summed E-state index contributed by atoms with van der Waals surface area (Å²) in [6.45, 7) is 3.45. The van der Waals surface area contributed by atoms with Crippen LogP contribution in [0.2, 0.25) is 0 Å². The third-order valence-electron chi connectivity index (χ3n) is 3.46. The lowest BCUT2D eigenvalue weighted by molar-refractivity contribution is 0.343. The van der Waals surface area contributed by atoms with Gasteiger partial charge in [-0.15, -0.1) is 0 Å². The lowest BCUT2D eigenvalue weighted by atomic mass is 10.1. The van der Waals surface area contributed by atoms with Crippen molar-refractivity contribution < 1.29 is 0 Å². The lowest BCUT2D eigenvalue weighted by Crippen LogP contribution is -2.29. The molecule has 1 aliphatic heterocycles. The minimum atomic E-state index is 0.684. The van der Waals surface area contributed by atoms with E-state index in [1.54, 1.807) is 0 Å². The van der Waals surface area contributed by atoms with E-state index in [1.807, 2.05) is 0 Å². The fraction of sp³-hybridized carbons (Fsp3) is 0.571. The van der Waals surface area contributed by atoms with Gasteiger partial charge in [0.25, 0.3) is 0 Å². The van der Waals surface area contributed by atoms with Crippen molar-refractivity contribution in [3.05, 3.63) is 34.3 Å². The summed E-state index contributed by atoms with van der Waals surface area (Å²) < 4.78 is 1.15. The third kappa shape index (κ3) is 4.41. The predicted molar refractivity (Wildman–Crippen MR) is 76.1 cm³/mol. The first-order valence-electron chi connectivity index (χ1n) is 6.40. The molecule has 2 nitrogen and oxygen atoms in total. The van der Waals surface area contributed by atoms with E-state index in [0.29, 0.717) is 6.04 Å². The number of likely N-dealkylation sites (tertiary alicyclic amines) is 1. The van der Waals surface area contributed by atoms with E-state index in [1.165, 1.54) is 37.9 Å². The van der Waals surface area contributed by atoms with Gasteiger partial charge in [0.2, 0.25) is 0 Å². The molecule has 1 unspecified atom stereocenters. The molecular weight excluding hydrogens is 276 g/mol. The molecule has 0 radical (unpaired) electrons. The molecule has 1 aliphatic rings. The summed E-state index contributed by atoms with van der Waals surface area (Å²) in [4.78, 5) is 2.43. The molecule has 3 heteroatoms. The zero-order chi connectivity index (χ0) is 12.1. The van der Waals surface area contributed by atoms with Crippen molar-refractivity contribution in [2.45, 2.75) is 31.8 Å². The van der Waals surface area contributed by atoms with E-state index in [-0.39, 0.29) is 0 Å². The minimum absolute atomic E-state index is 0.684. The zero-order valence-electron chi connectivity index (χ0n) is 10.5. The molecule has 0 amide bonds. The van der Waals surface area contributed by atoms with Crippen molar-refractivity contribution in [2.24, 2.45) is 0 Å². The standard InChI is InChI=1S/C14H21BrN2/c1-17-9-2-3-14(8-10-17)16-11-12-4-6-13(15)7-5-12/h4-7,14,16H,2-3,8-11H2,1H3. The maximum Gasteiger partial charge on any atom is 0.0208 e. The molecule has 0 aromatic heterocycles. The van der Waals surface area contributed by atoms with Gasteiger partial charge in [-0.25, -0.2) is 0 Å². The van der Waals surface area contributed by atoms with Crippen molar-refractivity contribution >= 4 is 15.9 Å². The highest BCUT2D eigenvalue weighted by atomic mass is 79.9. The first-order valence-corrected chi connectivity index (χ1v) is 7.20. The Morgan fingerprint density at radius 3 is 2.76 bits per heavy atom. The summed E-state index contributed by atoms with van der Waals surface area (Å²) in [6, 6.07) is 9.26. The fourth-order valence-corrected chi connectivity index (χ4v) is 2.57. The number of hydrogen-bond donors (Lipinski definition) is 1. The minimum Gasteiger partial charge on any atom is -0.310 e. The highest BCUT2D eigenvalue weighted by Gasteiger charge is 2.13. The maximum absolute atomic E-state index is 3.68. The second kappa shape index (κ2) is 6.53. The lowest BCUT2D eigenvalue weighted by Gasteiger charge is -2.16. The number of rotatable bonds is 3. The number of nitrogens with one attached hydrogen (secondary N) is 1. The molecule has 1 aromatic rings. The van der Waals surface area contributed by atoms with Crippen molar-refractivity contribution in [3.8, 4) is 0 Å². The van der Waals surface area contributed by atoms with E-state index >= 15 is 0 Å². The molecule has 1 N–H and O–H groups in total. The van der Waals surface area contributed by atoms with Crippen LogP contribution in [-0.2, 0) is 6.54 Å². The number of nitrogens with zero attached hydrogens (tertiary/aromatic N) is 1. The molecule has 1 heterocycles. The highest BCUT2D eigenvalue weighted by Crippen LogP contribution is 2.13. The Balaban J connectivity index is 1.79. The van der Waals surface area contributed by atoms with Crippen LogP contribution in [0.1, 0.15) is 24.8 Å². The number of benzene rings is 1. The molecule has 1 saturated heterocycles. The van der Waals surface area contributed by atoms with Crippen molar-refractivity contribution in [3.63, 3.8) is 0 Å². The molecule has 0 aliphatic carbocycles. The molecule has 1 fully saturated rings. The van der Waals surface area contributed by atoms with Crippen LogP contribution in [0.3, 0.4) is 0 Å². The van der Waals surface area contributed by atoms with E-state index in [0.717, 1.165) is 11.0 Å². The van der Waals surface area contributed by atoms with Crippen LogP contribution in [0.15, 0.2) is 28.7 Å². The molecular formula is C14H21BrN2. The van der Waals surface area contributed by atoms with Gasteiger partial charge in [-0.3, -0.25) is 0 Å². The summed E-state index contributed by atoms with van der Waals surface area (Å²) in [5.41, 5.74) is 1.37. The smallest absolute Gasteiger partial charge is 0.0208 e. The topological polar surface area (TPSA) is 15.3 Å². The van der Waals surface area contributed by atoms with Crippen LogP contribution < -0.4 is 5.32 Å². The second-order valence-electron chi connectivity index (χ2n) is 4.94. The fourth-order valence-electron chi connectivity index (χ4n) is 2.31. The summed E-state index contributed by atoms with van der Waals surface area (Å²) in [7, 11) is 2.22. The SMILES string of the molecule is CN1CCCC(NCc2ccc(Br)cc2)CC1. The molecule has 1 atom stereocenters. The number of halogens is 1. The van der Waals surface area contributed by atoms with Gasteiger partial charge in [0.15, 0.2) is 0 Å². The van der Waals surface area contributed by atoms with Crippen LogP contribution in [0, 0.1) is 0 Å². The maximum atomic E-state index is 3.68. The third-order valence-corrected chi connectivity index (χ3v) is 3.99. The van der Waals surface area contributed by atoms with Crippen LogP contribution in [0.4, 0.5) is 0 Å². The molecule has 1 aromatic carbocycles. The highest BCUT2D eigenvalue weighted by molar-refractivity contribution is 9.10. The summed E-state index contributed by atoms with van der Waals surface area (Å²) in [6.07, 6.45) is 3.89. The molecule has 2 rings (SSSR count). The summed E-state index contributed by atoms with van der Waals surface area (Å²) in [5.74, 6) is 0. The van der Waals surface area contributed by atoms with Gasteiger partial charge in [0.1, 0.15) is 0 Å². The van der Waals surface area contributed by atoms with Gasteiger partial charge in [0, 0.05) is 17.1 Å². The van der Waals surface area contributed by atoms with Crippen molar-refractivity contribution in [1.82, 2.24) is 10.2 Å². The van der Waals surface area contributed by atoms with Gasteiger partial charge in [-0.1, -0.05) is 28.1 Å². The van der Waals surface area contributed by atoms with Crippen LogP contribution >= 0.6 is 15.9 Å². The van der Waals surface area contributed by atoms with Crippen molar-refractivity contribution in [2.75, 3.05) is 20.1 Å². The van der Waals surface area contributed by atoms with Crippen molar-refractivity contribution in [1.29, 1.82) is 0 Å². The summed E-state index contributed by atoms with van der Waals surface area (Å²) >= 11 is 3.46. The van der Waals surface area contributed by atoms with Gasteiger partial charge in [-0.2, -0.15) is 0 Å². The van der Waals surface area contributed by atoms with Crippen LogP contribution in [0.25, 0.3) is 0 Å². The monoisotopic (exact) mass is 296 g/mol. The largest absolute Gasteiger partial charge is 0.310 e. The Morgan fingerprint density at radius 1 is 1.24 bits per heavy atom. The Labute approximate surface area is 113 Å². The van der Waals surface area contributed by atoms with E-state index < -0.39 is 0 Å². The van der Waals surface area contributed by atoms with E-state index in [9.17, 15) is 0 Å². The van der Waals surface area contributed by atoms with Gasteiger partial charge in [-0.05, 0) is 57.1 Å². The second-order valence-corrected chi connectivity index (χ2v) is 5.85. The van der Waals surface area contributed by atoms with E-state index in [4.69, 9.17) is 0 Å². The molecule has 0 saturated carbocycles. The molecule has 94 valence electrons. The van der Waals surface area contributed by atoms with Gasteiger partial charge < -0.3 is 10.2 Å². The normalized spacial score (nSPS) is 22.4. The summed E-state index contributed by atoms with van der Waals surface area (Å²) in [5, 5.41) is 3.68. The first-order chi connectivity index (χ1) is 8.24. The predicted octanol–water partition coefficient (Wildman–Crippen LogP) is 3.02. The average molecular weight is 297 g/mol. The number of hydrogen-bond acceptors (Lipinski definition) is 2. The Bertz CT molecular complexity index is 337. The van der Waals surface area contributed by atoms with Gasteiger partial charge in [0.05, 0.1) is 0 Å². The zero-order valence-corrected chi connectivity index (χ0v) is 12.0. The average Bonchev–Trinajstić information content (AvgIpc) is 2.54. The Hall–Kier alpha value is -0.380. The molecule has 0 spiro atoms. The van der Waals surface area contributed by atoms with Crippen LogP contribution in [-0.4, -0.2) is 31.1 Å². The quantitative estimate of drug-likeness (QED) is 0.922. The molecule has 17 heavy (non-hydrogen) atoms. The van der Waals surface area contributed by atoms with Gasteiger partial charge >= 0.3 is 0 Å². The van der Waals surface area contributed by atoms with E-state index in [2.05, 4.69) is 57.5 Å². The first kappa shape index (κ1) is 13.1. The van der Waals surface area contributed by atoms with Crippen LogP contribution in [0.5, 0.6) is 0 Å². The molecule has 0 bridgehead atoms.